The van der Waals surface area contributed by atoms with E-state index < -0.39 is 6.04 Å². The highest BCUT2D eigenvalue weighted by Crippen LogP contribution is 2.05. The highest BCUT2D eigenvalue weighted by Gasteiger charge is 2.26. The van der Waals surface area contributed by atoms with Crippen LogP contribution in [0.3, 0.4) is 0 Å². The van der Waals surface area contributed by atoms with Crippen molar-refractivity contribution >= 4 is 11.7 Å². The molecule has 4 heteroatoms. The number of ketones is 1. The number of carbonyl (C=O) groups excluding carboxylic acids is 2. The molecule has 0 saturated heterocycles. The Morgan fingerprint density at radius 3 is 1.78 bits per heavy atom. The molecule has 0 aliphatic carbocycles. The van der Waals surface area contributed by atoms with Gasteiger partial charge < -0.3 is 10.6 Å². The minimum absolute atomic E-state index is 0. The van der Waals surface area contributed by atoms with Crippen LogP contribution in [0, 0.1) is 11.8 Å². The van der Waals surface area contributed by atoms with E-state index in [4.69, 9.17) is 0 Å². The van der Waals surface area contributed by atoms with Crippen molar-refractivity contribution in [3.8, 4) is 0 Å². The van der Waals surface area contributed by atoms with Gasteiger partial charge in [-0.3, -0.25) is 9.59 Å². The average molecular weight is 260 g/mol. The van der Waals surface area contributed by atoms with E-state index in [1.54, 1.807) is 6.92 Å². The van der Waals surface area contributed by atoms with E-state index in [-0.39, 0.29) is 38.5 Å². The molecular formula is C14H32N2O2. The van der Waals surface area contributed by atoms with Crippen molar-refractivity contribution in [2.45, 2.75) is 66.6 Å². The first kappa shape index (κ1) is 17.1. The van der Waals surface area contributed by atoms with Crippen molar-refractivity contribution in [3.63, 3.8) is 0 Å². The Hall–Kier alpha value is -0.900. The normalized spacial score (nSPS) is 15.0. The van der Waals surface area contributed by atoms with Gasteiger partial charge in [-0.2, -0.15) is 0 Å². The second kappa shape index (κ2) is 7.52. The monoisotopic (exact) mass is 260 g/mol. The zero-order valence-corrected chi connectivity index (χ0v) is 12.7. The van der Waals surface area contributed by atoms with Crippen LogP contribution in [0.15, 0.2) is 0 Å². The summed E-state index contributed by atoms with van der Waals surface area (Å²) in [6.07, 6.45) is 0. The van der Waals surface area contributed by atoms with Gasteiger partial charge in [-0.1, -0.05) is 41.5 Å². The molecule has 0 aromatic heterocycles. The summed E-state index contributed by atoms with van der Waals surface area (Å²) < 4.78 is 0. The Labute approximate surface area is 114 Å². The third-order valence-corrected chi connectivity index (χ3v) is 2.82. The number of rotatable bonds is 7. The van der Waals surface area contributed by atoms with Crippen molar-refractivity contribution in [1.29, 1.82) is 0 Å². The maximum atomic E-state index is 12.1. The lowest BCUT2D eigenvalue weighted by molar-refractivity contribution is -0.130. The molecule has 2 N–H and O–H groups in total. The molecule has 1 amide bonds. The molecule has 0 spiro atoms. The predicted molar refractivity (Wildman–Crippen MR) is 78.6 cm³/mol. The third kappa shape index (κ3) is 5.63. The predicted octanol–water partition coefficient (Wildman–Crippen LogP) is 2.23. The molecule has 18 heavy (non-hydrogen) atoms. The van der Waals surface area contributed by atoms with Crippen LogP contribution in [0.4, 0.5) is 0 Å². The molecule has 2 atom stereocenters. The van der Waals surface area contributed by atoms with E-state index in [2.05, 4.69) is 10.6 Å². The molecule has 4 nitrogen and oxygen atoms in total. The molecule has 0 heterocycles. The van der Waals surface area contributed by atoms with Gasteiger partial charge in [-0.05, 0) is 12.8 Å². The van der Waals surface area contributed by atoms with Gasteiger partial charge in [0.15, 0.2) is 5.78 Å². The average Bonchev–Trinajstić information content (AvgIpc) is 2.23. The first-order valence-electron chi connectivity index (χ1n) is 6.77. The van der Waals surface area contributed by atoms with Gasteiger partial charge in [-0.15, -0.1) is 0 Å². The fourth-order valence-corrected chi connectivity index (χ4v) is 1.80. The van der Waals surface area contributed by atoms with Gasteiger partial charge >= 0.3 is 0 Å². The van der Waals surface area contributed by atoms with Crippen LogP contribution < -0.4 is 10.6 Å². The van der Waals surface area contributed by atoms with Gasteiger partial charge in [0.2, 0.25) is 5.91 Å². The summed E-state index contributed by atoms with van der Waals surface area (Å²) >= 11 is 0. The zero-order chi connectivity index (χ0) is 14.5. The minimum Gasteiger partial charge on any atom is -0.345 e. The third-order valence-electron chi connectivity index (χ3n) is 2.82. The molecule has 0 radical (unpaired) electrons. The van der Waals surface area contributed by atoms with Gasteiger partial charge in [0.25, 0.3) is 0 Å². The van der Waals surface area contributed by atoms with Gasteiger partial charge in [0.05, 0.1) is 12.1 Å². The molecule has 0 rings (SSSR count). The van der Waals surface area contributed by atoms with Crippen LogP contribution in [0.25, 0.3) is 0 Å². The first-order chi connectivity index (χ1) is 8.16. The van der Waals surface area contributed by atoms with E-state index in [0.717, 1.165) is 0 Å². The minimum atomic E-state index is -0.423. The summed E-state index contributed by atoms with van der Waals surface area (Å²) in [4.78, 5) is 23.9. The second-order valence-corrected chi connectivity index (χ2v) is 5.83. The lowest BCUT2D eigenvalue weighted by Gasteiger charge is -2.26. The van der Waals surface area contributed by atoms with Crippen LogP contribution in [0.2, 0.25) is 0 Å². The largest absolute Gasteiger partial charge is 0.345 e. The van der Waals surface area contributed by atoms with E-state index in [0.29, 0.717) is 0 Å². The van der Waals surface area contributed by atoms with Crippen molar-refractivity contribution in [2.75, 3.05) is 0 Å². The van der Waals surface area contributed by atoms with Crippen molar-refractivity contribution in [1.82, 2.24) is 10.6 Å². The molecule has 110 valence electrons. The molecule has 0 aromatic rings. The number of nitrogens with one attached hydrogen (secondary N) is 2. The summed E-state index contributed by atoms with van der Waals surface area (Å²) in [6.45, 7) is 13.4. The number of amides is 1. The maximum absolute atomic E-state index is 12.1. The molecule has 0 fully saturated rings. The van der Waals surface area contributed by atoms with E-state index >= 15 is 0 Å². The van der Waals surface area contributed by atoms with E-state index in [1.165, 1.54) is 0 Å². The number of hydrogen-bond donors (Lipinski definition) is 2. The number of carbonyl (C=O) groups is 2. The fraction of sp³-hybridized carbons (Fsp3) is 0.857. The smallest absolute Gasteiger partial charge is 0.237 e. The summed E-state index contributed by atoms with van der Waals surface area (Å²) in [5.74, 6) is 0.0974. The van der Waals surface area contributed by atoms with Crippen LogP contribution in [0.5, 0.6) is 0 Å². The Bertz CT molecular complexity index is 295. The van der Waals surface area contributed by atoms with Crippen molar-refractivity contribution in [2.24, 2.45) is 11.8 Å². The van der Waals surface area contributed by atoms with E-state index in [9.17, 15) is 9.59 Å². The quantitative estimate of drug-likeness (QED) is 0.738. The lowest BCUT2D eigenvalue weighted by atomic mass is 10.00. The SMILES string of the molecule is CC(C)NC(C(=O)N[C@@H](C)C(=O)C(C)C)C(C)C.[HH].[HH]. The highest BCUT2D eigenvalue weighted by atomic mass is 16.2. The molecular weight excluding hydrogens is 228 g/mol. The zero-order valence-electron chi connectivity index (χ0n) is 12.7. The van der Waals surface area contributed by atoms with Gasteiger partial charge in [-0.25, -0.2) is 0 Å². The summed E-state index contributed by atoms with van der Waals surface area (Å²) in [5, 5.41) is 6.03. The Morgan fingerprint density at radius 1 is 0.944 bits per heavy atom. The summed E-state index contributed by atoms with van der Waals surface area (Å²) in [6, 6.07) is -0.445. The molecule has 0 bridgehead atoms. The number of hydrogen-bond acceptors (Lipinski definition) is 3. The van der Waals surface area contributed by atoms with Crippen LogP contribution >= 0.6 is 0 Å². The first-order valence-corrected chi connectivity index (χ1v) is 6.77. The Kier molecular flexibility index (Phi) is 7.14. The Balaban J connectivity index is -0.00000144. The highest BCUT2D eigenvalue weighted by molar-refractivity contribution is 5.91. The van der Waals surface area contributed by atoms with Crippen molar-refractivity contribution < 1.29 is 12.4 Å². The van der Waals surface area contributed by atoms with Crippen LogP contribution in [0.1, 0.15) is 51.3 Å². The lowest BCUT2D eigenvalue weighted by Crippen LogP contribution is -2.53. The second-order valence-electron chi connectivity index (χ2n) is 5.83. The number of Topliss-reactive ketones (excluding diaryl/α,β-unsaturated/α-hetero) is 1. The molecule has 0 aromatic carbocycles. The maximum Gasteiger partial charge on any atom is 0.237 e. The van der Waals surface area contributed by atoms with Crippen LogP contribution in [-0.2, 0) is 9.59 Å². The topological polar surface area (TPSA) is 58.2 Å². The van der Waals surface area contributed by atoms with E-state index in [1.807, 2.05) is 41.5 Å². The van der Waals surface area contributed by atoms with Gasteiger partial charge in [0.1, 0.15) is 0 Å². The molecule has 0 aliphatic heterocycles. The molecule has 0 aliphatic rings. The van der Waals surface area contributed by atoms with Crippen LogP contribution in [-0.4, -0.2) is 29.8 Å². The summed E-state index contributed by atoms with van der Waals surface area (Å²) in [7, 11) is 0. The molecule has 1 unspecified atom stereocenters. The molecule has 0 saturated carbocycles. The standard InChI is InChI=1S/C14H28N2O2.2H2/c1-8(2)12(15-10(5)6)14(18)16-11(7)13(17)9(3)4;;/h8-12,15H,1-7H3,(H,16,18);2*1H/t11-,12?;;/m0../s1. The fourth-order valence-electron chi connectivity index (χ4n) is 1.80. The van der Waals surface area contributed by atoms with Gasteiger partial charge in [0, 0.05) is 14.8 Å². The Morgan fingerprint density at radius 2 is 1.44 bits per heavy atom. The van der Waals surface area contributed by atoms with Crippen molar-refractivity contribution in [3.05, 3.63) is 0 Å². The summed E-state index contributed by atoms with van der Waals surface area (Å²) in [5.41, 5.74) is 0.